The summed E-state index contributed by atoms with van der Waals surface area (Å²) in [6.07, 6.45) is 5.73. The zero-order valence-electron chi connectivity index (χ0n) is 11.4. The molecule has 0 bridgehead atoms. The van der Waals surface area contributed by atoms with Crippen LogP contribution in [0.25, 0.3) is 11.5 Å². The van der Waals surface area contributed by atoms with Gasteiger partial charge >= 0.3 is 0 Å². The summed E-state index contributed by atoms with van der Waals surface area (Å²) in [4.78, 5) is 10.5. The molecule has 0 radical (unpaired) electrons. The van der Waals surface area contributed by atoms with Crippen LogP contribution >= 0.6 is 0 Å². The van der Waals surface area contributed by atoms with Crippen LogP contribution in [-0.4, -0.2) is 23.1 Å². The average Bonchev–Trinajstić information content (AvgIpc) is 2.92. The third-order valence-corrected chi connectivity index (χ3v) is 3.57. The van der Waals surface area contributed by atoms with E-state index in [1.807, 2.05) is 12.1 Å². The fraction of sp³-hybridized carbons (Fsp3) is 0.400. The van der Waals surface area contributed by atoms with Gasteiger partial charge in [-0.05, 0) is 30.9 Å². The lowest BCUT2D eigenvalue weighted by atomic mass is 10.0. The topological polar surface area (TPSA) is 66.0 Å². The van der Waals surface area contributed by atoms with Gasteiger partial charge in [0.15, 0.2) is 0 Å². The van der Waals surface area contributed by atoms with E-state index in [1.54, 1.807) is 12.4 Å². The van der Waals surface area contributed by atoms with E-state index in [2.05, 4.69) is 27.9 Å². The summed E-state index contributed by atoms with van der Waals surface area (Å²) in [6, 6.07) is 5.84. The van der Waals surface area contributed by atoms with Crippen LogP contribution < -0.4 is 4.90 Å². The van der Waals surface area contributed by atoms with Crippen molar-refractivity contribution < 1.29 is 4.42 Å². The van der Waals surface area contributed by atoms with Crippen molar-refractivity contribution in [2.24, 2.45) is 5.92 Å². The van der Waals surface area contributed by atoms with Gasteiger partial charge in [0.2, 0.25) is 17.5 Å². The normalized spacial score (nSPS) is 18.8. The van der Waals surface area contributed by atoms with Crippen molar-refractivity contribution in [3.05, 3.63) is 30.2 Å². The molecule has 3 heterocycles. The molecule has 1 saturated heterocycles. The van der Waals surface area contributed by atoms with Crippen LogP contribution in [0.15, 0.2) is 28.9 Å². The SMILES string of the molecule is CC1CCCN(c2oc(-c3cccnc3)nc2C#N)C1. The standard InChI is InChI=1S/C15H16N4O/c1-11-4-3-7-19(10-11)15-13(8-16)18-14(20-15)12-5-2-6-17-9-12/h2,5-6,9,11H,3-4,7,10H2,1H3. The lowest BCUT2D eigenvalue weighted by Crippen LogP contribution is -2.34. The number of pyridine rings is 1. The molecule has 1 aliphatic heterocycles. The van der Waals surface area contributed by atoms with Crippen LogP contribution in [0.3, 0.4) is 0 Å². The van der Waals surface area contributed by atoms with Gasteiger partial charge in [-0.15, -0.1) is 0 Å². The number of anilines is 1. The van der Waals surface area contributed by atoms with Crippen LogP contribution in [0.5, 0.6) is 0 Å². The zero-order chi connectivity index (χ0) is 13.9. The van der Waals surface area contributed by atoms with E-state index < -0.39 is 0 Å². The lowest BCUT2D eigenvalue weighted by Gasteiger charge is -2.30. The third-order valence-electron chi connectivity index (χ3n) is 3.57. The summed E-state index contributed by atoms with van der Waals surface area (Å²) in [5.74, 6) is 1.67. The molecule has 0 spiro atoms. The van der Waals surface area contributed by atoms with Gasteiger partial charge in [0.05, 0.1) is 5.56 Å². The number of nitriles is 1. The fourth-order valence-electron chi connectivity index (χ4n) is 2.59. The number of nitrogens with zero attached hydrogens (tertiary/aromatic N) is 4. The highest BCUT2D eigenvalue weighted by Gasteiger charge is 2.24. The molecule has 0 amide bonds. The highest BCUT2D eigenvalue weighted by molar-refractivity contribution is 5.58. The summed E-state index contributed by atoms with van der Waals surface area (Å²) >= 11 is 0. The second kappa shape index (κ2) is 5.33. The predicted molar refractivity (Wildman–Crippen MR) is 75.1 cm³/mol. The Morgan fingerprint density at radius 1 is 1.50 bits per heavy atom. The van der Waals surface area contributed by atoms with E-state index in [9.17, 15) is 5.26 Å². The molecule has 0 aliphatic carbocycles. The van der Waals surface area contributed by atoms with Gasteiger partial charge in [-0.1, -0.05) is 6.92 Å². The van der Waals surface area contributed by atoms with Gasteiger partial charge in [0.25, 0.3) is 0 Å². The Morgan fingerprint density at radius 3 is 3.10 bits per heavy atom. The highest BCUT2D eigenvalue weighted by Crippen LogP contribution is 2.30. The first-order valence-electron chi connectivity index (χ1n) is 6.84. The Labute approximate surface area is 117 Å². The zero-order valence-corrected chi connectivity index (χ0v) is 11.4. The summed E-state index contributed by atoms with van der Waals surface area (Å²) in [7, 11) is 0. The Bertz CT molecular complexity index is 629. The van der Waals surface area contributed by atoms with E-state index in [-0.39, 0.29) is 0 Å². The Morgan fingerprint density at radius 2 is 2.40 bits per heavy atom. The number of aromatic nitrogens is 2. The lowest BCUT2D eigenvalue weighted by molar-refractivity contribution is 0.422. The van der Waals surface area contributed by atoms with Crippen LogP contribution in [0.2, 0.25) is 0 Å². The summed E-state index contributed by atoms with van der Waals surface area (Å²) < 4.78 is 5.83. The smallest absolute Gasteiger partial charge is 0.235 e. The number of oxazole rings is 1. The first-order valence-corrected chi connectivity index (χ1v) is 6.84. The molecule has 20 heavy (non-hydrogen) atoms. The third kappa shape index (κ3) is 2.37. The molecule has 5 heteroatoms. The van der Waals surface area contributed by atoms with Gasteiger partial charge in [-0.3, -0.25) is 4.98 Å². The van der Waals surface area contributed by atoms with Crippen molar-refractivity contribution in [3.63, 3.8) is 0 Å². The molecule has 0 aromatic carbocycles. The maximum Gasteiger partial charge on any atom is 0.235 e. The maximum absolute atomic E-state index is 9.26. The Kier molecular flexibility index (Phi) is 3.38. The van der Waals surface area contributed by atoms with E-state index in [4.69, 9.17) is 4.42 Å². The number of hydrogen-bond donors (Lipinski definition) is 0. The second-order valence-corrected chi connectivity index (χ2v) is 5.22. The van der Waals surface area contributed by atoms with E-state index in [0.717, 1.165) is 25.1 Å². The first-order chi connectivity index (χ1) is 9.78. The number of rotatable bonds is 2. The van der Waals surface area contributed by atoms with Crippen molar-refractivity contribution in [1.82, 2.24) is 9.97 Å². The van der Waals surface area contributed by atoms with Crippen molar-refractivity contribution in [2.75, 3.05) is 18.0 Å². The molecule has 5 nitrogen and oxygen atoms in total. The van der Waals surface area contributed by atoms with E-state index in [0.29, 0.717) is 23.4 Å². The monoisotopic (exact) mass is 268 g/mol. The molecule has 1 atom stereocenters. The number of hydrogen-bond acceptors (Lipinski definition) is 5. The van der Waals surface area contributed by atoms with Gasteiger partial charge in [-0.25, -0.2) is 0 Å². The van der Waals surface area contributed by atoms with Gasteiger partial charge < -0.3 is 9.32 Å². The molecular formula is C15H16N4O. The predicted octanol–water partition coefficient (Wildman–Crippen LogP) is 2.84. The quantitative estimate of drug-likeness (QED) is 0.837. The molecule has 0 saturated carbocycles. The minimum atomic E-state index is 0.359. The molecule has 1 fully saturated rings. The van der Waals surface area contributed by atoms with Gasteiger partial charge in [0, 0.05) is 25.5 Å². The molecule has 102 valence electrons. The van der Waals surface area contributed by atoms with Crippen LogP contribution in [0, 0.1) is 17.2 Å². The molecule has 2 aromatic heterocycles. The van der Waals surface area contributed by atoms with Crippen LogP contribution in [0.1, 0.15) is 25.5 Å². The molecular weight excluding hydrogens is 252 g/mol. The Balaban J connectivity index is 1.95. The Hall–Kier alpha value is -2.35. The molecule has 1 unspecified atom stereocenters. The van der Waals surface area contributed by atoms with Crippen molar-refractivity contribution >= 4 is 5.88 Å². The minimum absolute atomic E-state index is 0.359. The van der Waals surface area contributed by atoms with Gasteiger partial charge in [0.1, 0.15) is 6.07 Å². The number of piperidine rings is 1. The van der Waals surface area contributed by atoms with Crippen molar-refractivity contribution in [3.8, 4) is 17.5 Å². The molecule has 2 aromatic rings. The van der Waals surface area contributed by atoms with Crippen molar-refractivity contribution in [2.45, 2.75) is 19.8 Å². The fourth-order valence-corrected chi connectivity index (χ4v) is 2.59. The second-order valence-electron chi connectivity index (χ2n) is 5.22. The molecule has 3 rings (SSSR count). The van der Waals surface area contributed by atoms with Crippen LogP contribution in [-0.2, 0) is 0 Å². The first kappa shape index (κ1) is 12.7. The minimum Gasteiger partial charge on any atom is -0.419 e. The van der Waals surface area contributed by atoms with Crippen molar-refractivity contribution in [1.29, 1.82) is 5.26 Å². The summed E-state index contributed by atoms with van der Waals surface area (Å²) in [6.45, 7) is 4.05. The van der Waals surface area contributed by atoms with Crippen LogP contribution in [0.4, 0.5) is 5.88 Å². The van der Waals surface area contributed by atoms with E-state index in [1.165, 1.54) is 6.42 Å². The summed E-state index contributed by atoms with van der Waals surface area (Å²) in [5, 5.41) is 9.26. The largest absolute Gasteiger partial charge is 0.419 e. The maximum atomic E-state index is 9.26. The van der Waals surface area contributed by atoms with Gasteiger partial charge in [-0.2, -0.15) is 10.2 Å². The highest BCUT2D eigenvalue weighted by atomic mass is 16.4. The summed E-state index contributed by atoms with van der Waals surface area (Å²) in [5.41, 5.74) is 1.15. The molecule has 0 N–H and O–H groups in total. The van der Waals surface area contributed by atoms with E-state index >= 15 is 0 Å². The average molecular weight is 268 g/mol. The molecule has 1 aliphatic rings.